The lowest BCUT2D eigenvalue weighted by Crippen LogP contribution is -2.27. The molecule has 0 aliphatic rings. The van der Waals surface area contributed by atoms with Crippen LogP contribution >= 0.6 is 0 Å². The maximum atomic E-state index is 5.49. The van der Waals surface area contributed by atoms with Crippen LogP contribution in [0.5, 0.6) is 0 Å². The van der Waals surface area contributed by atoms with E-state index >= 15 is 0 Å². The average molecular weight is 233 g/mol. The Morgan fingerprint density at radius 3 is 2.76 bits per heavy atom. The Morgan fingerprint density at radius 1 is 1.47 bits per heavy atom. The van der Waals surface area contributed by atoms with Crippen molar-refractivity contribution in [2.24, 2.45) is 0 Å². The van der Waals surface area contributed by atoms with E-state index in [0.717, 1.165) is 38.0 Å². The van der Waals surface area contributed by atoms with E-state index in [1.54, 1.807) is 0 Å². The number of rotatable bonds is 7. The first-order valence-corrected chi connectivity index (χ1v) is 6.50. The molecule has 17 heavy (non-hydrogen) atoms. The number of nitrogens with one attached hydrogen (secondary N) is 1. The Kier molecular flexibility index (Phi) is 5.79. The van der Waals surface area contributed by atoms with Crippen molar-refractivity contribution in [3.05, 3.63) is 17.5 Å². The summed E-state index contributed by atoms with van der Waals surface area (Å²) < 4.78 is 2.05. The van der Waals surface area contributed by atoms with E-state index in [9.17, 15) is 0 Å². The molecule has 3 nitrogen and oxygen atoms in total. The standard InChI is InChI=1S/C14H23N3/c1-5-9-12(6-2)15-11-14-10-13(7-3)16-17(14)8-4/h2,10,12,15H,5,7-9,11H2,1,3-4H3. The van der Waals surface area contributed by atoms with Gasteiger partial charge in [-0.25, -0.2) is 0 Å². The SMILES string of the molecule is C#CC(CCC)NCc1cc(CC)nn1CC. The van der Waals surface area contributed by atoms with Crippen LogP contribution in [0, 0.1) is 12.3 Å². The molecule has 0 spiro atoms. The molecule has 0 amide bonds. The van der Waals surface area contributed by atoms with Crippen molar-refractivity contribution >= 4 is 0 Å². The normalized spacial score (nSPS) is 12.4. The van der Waals surface area contributed by atoms with Gasteiger partial charge in [-0.3, -0.25) is 10.00 Å². The fourth-order valence-electron chi connectivity index (χ4n) is 1.86. The minimum absolute atomic E-state index is 0.172. The lowest BCUT2D eigenvalue weighted by molar-refractivity contribution is 0.527. The third kappa shape index (κ3) is 3.90. The highest BCUT2D eigenvalue weighted by Gasteiger charge is 2.08. The minimum Gasteiger partial charge on any atom is -0.298 e. The number of nitrogens with zero attached hydrogens (tertiary/aromatic N) is 2. The molecule has 1 unspecified atom stereocenters. The number of hydrogen-bond acceptors (Lipinski definition) is 2. The van der Waals surface area contributed by atoms with Crippen LogP contribution in [0.2, 0.25) is 0 Å². The largest absolute Gasteiger partial charge is 0.298 e. The molecule has 0 aromatic carbocycles. The Labute approximate surface area is 105 Å². The van der Waals surface area contributed by atoms with Gasteiger partial charge in [0.25, 0.3) is 0 Å². The predicted octanol–water partition coefficient (Wildman–Crippen LogP) is 2.36. The van der Waals surface area contributed by atoms with Crippen LogP contribution in [0.1, 0.15) is 45.0 Å². The van der Waals surface area contributed by atoms with Gasteiger partial charge < -0.3 is 0 Å². The van der Waals surface area contributed by atoms with E-state index in [1.807, 2.05) is 4.68 Å². The Hall–Kier alpha value is -1.27. The van der Waals surface area contributed by atoms with Crippen LogP contribution in [0.3, 0.4) is 0 Å². The smallest absolute Gasteiger partial charge is 0.0689 e. The Balaban J connectivity index is 2.61. The summed E-state index contributed by atoms with van der Waals surface area (Å²) in [6.45, 7) is 8.10. The zero-order chi connectivity index (χ0) is 12.7. The van der Waals surface area contributed by atoms with Crippen molar-refractivity contribution in [2.45, 2.75) is 59.2 Å². The van der Waals surface area contributed by atoms with Gasteiger partial charge in [-0.2, -0.15) is 5.10 Å². The van der Waals surface area contributed by atoms with Crippen molar-refractivity contribution in [1.29, 1.82) is 0 Å². The third-order valence-electron chi connectivity index (χ3n) is 2.88. The van der Waals surface area contributed by atoms with E-state index in [1.165, 1.54) is 5.69 Å². The number of terminal acetylenes is 1. The molecule has 1 atom stereocenters. The molecular weight excluding hydrogens is 210 g/mol. The first-order chi connectivity index (χ1) is 8.24. The van der Waals surface area contributed by atoms with Crippen molar-refractivity contribution in [3.8, 4) is 12.3 Å². The second kappa shape index (κ2) is 7.13. The lowest BCUT2D eigenvalue weighted by Gasteiger charge is -2.12. The molecule has 1 aromatic heterocycles. The number of hydrogen-bond donors (Lipinski definition) is 1. The molecule has 0 saturated heterocycles. The number of aromatic nitrogens is 2. The zero-order valence-corrected chi connectivity index (χ0v) is 11.2. The van der Waals surface area contributed by atoms with Gasteiger partial charge in [0.1, 0.15) is 0 Å². The maximum Gasteiger partial charge on any atom is 0.0689 e. The van der Waals surface area contributed by atoms with Crippen molar-refractivity contribution in [3.63, 3.8) is 0 Å². The van der Waals surface area contributed by atoms with E-state index in [0.29, 0.717) is 0 Å². The Bertz CT molecular complexity index is 373. The summed E-state index contributed by atoms with van der Waals surface area (Å²) in [5.74, 6) is 2.79. The van der Waals surface area contributed by atoms with Gasteiger partial charge in [0.15, 0.2) is 0 Å². The Morgan fingerprint density at radius 2 is 2.24 bits per heavy atom. The molecule has 0 saturated carbocycles. The van der Waals surface area contributed by atoms with Gasteiger partial charge in [0, 0.05) is 13.1 Å². The first-order valence-electron chi connectivity index (χ1n) is 6.50. The second-order valence-electron chi connectivity index (χ2n) is 4.19. The van der Waals surface area contributed by atoms with E-state index in [-0.39, 0.29) is 6.04 Å². The summed E-state index contributed by atoms with van der Waals surface area (Å²) in [5.41, 5.74) is 2.37. The van der Waals surface area contributed by atoms with E-state index < -0.39 is 0 Å². The summed E-state index contributed by atoms with van der Waals surface area (Å²) in [6, 6.07) is 2.33. The first kappa shape index (κ1) is 13.8. The molecule has 0 fully saturated rings. The topological polar surface area (TPSA) is 29.9 Å². The van der Waals surface area contributed by atoms with Crippen molar-refractivity contribution < 1.29 is 0 Å². The molecule has 0 radical (unpaired) electrons. The van der Waals surface area contributed by atoms with E-state index in [2.05, 4.69) is 43.2 Å². The summed E-state index contributed by atoms with van der Waals surface area (Å²) in [4.78, 5) is 0. The molecule has 0 bridgehead atoms. The van der Waals surface area contributed by atoms with E-state index in [4.69, 9.17) is 6.42 Å². The highest BCUT2D eigenvalue weighted by molar-refractivity contribution is 5.11. The zero-order valence-electron chi connectivity index (χ0n) is 11.2. The van der Waals surface area contributed by atoms with Gasteiger partial charge in [0.05, 0.1) is 17.4 Å². The molecule has 0 aliphatic carbocycles. The minimum atomic E-state index is 0.172. The summed E-state index contributed by atoms with van der Waals surface area (Å²) in [6.07, 6.45) is 8.60. The molecule has 1 heterocycles. The summed E-state index contributed by atoms with van der Waals surface area (Å²) in [5, 5.41) is 7.92. The highest BCUT2D eigenvalue weighted by atomic mass is 15.3. The molecule has 0 aliphatic heterocycles. The van der Waals surface area contributed by atoms with Gasteiger partial charge in [0.2, 0.25) is 0 Å². The predicted molar refractivity (Wildman–Crippen MR) is 71.6 cm³/mol. The summed E-state index contributed by atoms with van der Waals surface area (Å²) >= 11 is 0. The maximum absolute atomic E-state index is 5.49. The van der Waals surface area contributed by atoms with Gasteiger partial charge in [-0.05, 0) is 25.8 Å². The fraction of sp³-hybridized carbons (Fsp3) is 0.643. The quantitative estimate of drug-likeness (QED) is 0.733. The molecule has 3 heteroatoms. The molecule has 1 N–H and O–H groups in total. The average Bonchev–Trinajstić information content (AvgIpc) is 2.76. The van der Waals surface area contributed by atoms with Crippen LogP contribution in [-0.2, 0) is 19.5 Å². The van der Waals surface area contributed by atoms with Crippen LogP contribution in [-0.4, -0.2) is 15.8 Å². The molecule has 1 rings (SSSR count). The summed E-state index contributed by atoms with van der Waals surface area (Å²) in [7, 11) is 0. The lowest BCUT2D eigenvalue weighted by atomic mass is 10.2. The van der Waals surface area contributed by atoms with Gasteiger partial charge >= 0.3 is 0 Å². The third-order valence-corrected chi connectivity index (χ3v) is 2.88. The molecule has 94 valence electrons. The van der Waals surface area contributed by atoms with Crippen LogP contribution in [0.25, 0.3) is 0 Å². The molecule has 1 aromatic rings. The van der Waals surface area contributed by atoms with Gasteiger partial charge in [-0.15, -0.1) is 6.42 Å². The van der Waals surface area contributed by atoms with Crippen LogP contribution in [0.15, 0.2) is 6.07 Å². The number of aryl methyl sites for hydroxylation is 2. The highest BCUT2D eigenvalue weighted by Crippen LogP contribution is 2.06. The van der Waals surface area contributed by atoms with Gasteiger partial charge in [-0.1, -0.05) is 26.2 Å². The fourth-order valence-corrected chi connectivity index (χ4v) is 1.86. The second-order valence-corrected chi connectivity index (χ2v) is 4.19. The van der Waals surface area contributed by atoms with Crippen molar-refractivity contribution in [1.82, 2.24) is 15.1 Å². The monoisotopic (exact) mass is 233 g/mol. The molecular formula is C14H23N3. The van der Waals surface area contributed by atoms with Crippen molar-refractivity contribution in [2.75, 3.05) is 0 Å². The van der Waals surface area contributed by atoms with Crippen LogP contribution in [0.4, 0.5) is 0 Å². The van der Waals surface area contributed by atoms with Crippen LogP contribution < -0.4 is 5.32 Å².